The summed E-state index contributed by atoms with van der Waals surface area (Å²) in [5.74, 6) is 0.616. The molecule has 0 amide bonds. The van der Waals surface area contributed by atoms with Gasteiger partial charge in [-0.25, -0.2) is 8.42 Å². The van der Waals surface area contributed by atoms with Crippen molar-refractivity contribution in [3.63, 3.8) is 0 Å². The first-order chi connectivity index (χ1) is 11.3. The van der Waals surface area contributed by atoms with Crippen LogP contribution in [0.1, 0.15) is 0 Å². The molecule has 0 aliphatic heterocycles. The van der Waals surface area contributed by atoms with Gasteiger partial charge in [0.15, 0.2) is 0 Å². The normalized spacial score (nSPS) is 11.0. The fourth-order valence-corrected chi connectivity index (χ4v) is 3.93. The van der Waals surface area contributed by atoms with E-state index in [1.165, 1.54) is 23.9 Å². The standard InChI is InChI=1S/C15H13ClN2O4S2/c1-2-9-23-15-6-4-3-5-13(15)17-24(21,22)11-7-8-12(16)14(10-11)18(19)20/h2-8,10,17H,1,9H2. The van der Waals surface area contributed by atoms with Gasteiger partial charge in [0, 0.05) is 16.7 Å². The van der Waals surface area contributed by atoms with Gasteiger partial charge in [-0.15, -0.1) is 18.3 Å². The van der Waals surface area contributed by atoms with E-state index in [0.717, 1.165) is 11.0 Å². The largest absolute Gasteiger partial charge is 0.289 e. The third-order valence-corrected chi connectivity index (χ3v) is 5.66. The van der Waals surface area contributed by atoms with Gasteiger partial charge in [-0.2, -0.15) is 0 Å². The molecule has 0 unspecified atom stereocenters. The Balaban J connectivity index is 2.38. The average Bonchev–Trinajstić information content (AvgIpc) is 2.53. The Hall–Kier alpha value is -2.03. The molecule has 0 radical (unpaired) electrons. The summed E-state index contributed by atoms with van der Waals surface area (Å²) in [4.78, 5) is 10.7. The molecule has 0 heterocycles. The Morgan fingerprint density at radius 3 is 2.67 bits per heavy atom. The van der Waals surface area contributed by atoms with Crippen LogP contribution in [0.3, 0.4) is 0 Å². The molecule has 2 aromatic carbocycles. The molecule has 9 heteroatoms. The Labute approximate surface area is 148 Å². The summed E-state index contributed by atoms with van der Waals surface area (Å²) in [5.41, 5.74) is -0.0733. The highest BCUT2D eigenvalue weighted by atomic mass is 35.5. The van der Waals surface area contributed by atoms with Crippen molar-refractivity contribution < 1.29 is 13.3 Å². The second-order valence-corrected chi connectivity index (χ2v) is 7.72. The van der Waals surface area contributed by atoms with Crippen LogP contribution in [-0.2, 0) is 10.0 Å². The number of halogens is 1. The predicted octanol–water partition coefficient (Wildman–Crippen LogP) is 4.33. The van der Waals surface area contributed by atoms with E-state index in [1.807, 2.05) is 0 Å². The molecule has 1 N–H and O–H groups in total. The zero-order valence-corrected chi connectivity index (χ0v) is 14.7. The first-order valence-corrected chi connectivity index (χ1v) is 9.49. The summed E-state index contributed by atoms with van der Waals surface area (Å²) in [5, 5.41) is 10.8. The van der Waals surface area contributed by atoms with Crippen molar-refractivity contribution >= 4 is 44.8 Å². The lowest BCUT2D eigenvalue weighted by Crippen LogP contribution is -2.13. The van der Waals surface area contributed by atoms with Gasteiger partial charge in [-0.3, -0.25) is 14.8 Å². The lowest BCUT2D eigenvalue weighted by atomic mass is 10.3. The maximum Gasteiger partial charge on any atom is 0.289 e. The molecule has 0 saturated heterocycles. The third kappa shape index (κ3) is 4.28. The Morgan fingerprint density at radius 2 is 2.00 bits per heavy atom. The van der Waals surface area contributed by atoms with Gasteiger partial charge in [0.05, 0.1) is 15.5 Å². The van der Waals surface area contributed by atoms with Crippen molar-refractivity contribution in [1.29, 1.82) is 0 Å². The van der Waals surface area contributed by atoms with E-state index in [4.69, 9.17) is 11.6 Å². The quantitative estimate of drug-likeness (QED) is 0.332. The van der Waals surface area contributed by atoms with E-state index in [0.29, 0.717) is 11.4 Å². The third-order valence-electron chi connectivity index (χ3n) is 2.91. The van der Waals surface area contributed by atoms with Crippen molar-refractivity contribution in [2.75, 3.05) is 10.5 Å². The van der Waals surface area contributed by atoms with Crippen LogP contribution >= 0.6 is 23.4 Å². The summed E-state index contributed by atoms with van der Waals surface area (Å²) < 4.78 is 27.5. The second-order valence-electron chi connectivity index (χ2n) is 4.57. The van der Waals surface area contributed by atoms with Gasteiger partial charge in [0.2, 0.25) is 0 Å². The highest BCUT2D eigenvalue weighted by Gasteiger charge is 2.21. The number of benzene rings is 2. The lowest BCUT2D eigenvalue weighted by molar-refractivity contribution is -0.384. The number of thioether (sulfide) groups is 1. The minimum absolute atomic E-state index is 0.124. The maximum atomic E-state index is 12.5. The fourth-order valence-electron chi connectivity index (χ4n) is 1.83. The van der Waals surface area contributed by atoms with Crippen molar-refractivity contribution in [2.45, 2.75) is 9.79 Å². The van der Waals surface area contributed by atoms with Gasteiger partial charge >= 0.3 is 0 Å². The van der Waals surface area contributed by atoms with Gasteiger partial charge < -0.3 is 0 Å². The molecule has 126 valence electrons. The fraction of sp³-hybridized carbons (Fsp3) is 0.0667. The molecule has 0 fully saturated rings. The number of nitrogens with one attached hydrogen (secondary N) is 1. The summed E-state index contributed by atoms with van der Waals surface area (Å²) in [7, 11) is -3.99. The number of hydrogen-bond donors (Lipinski definition) is 1. The minimum Gasteiger partial charge on any atom is -0.278 e. The zero-order valence-electron chi connectivity index (χ0n) is 12.3. The van der Waals surface area contributed by atoms with Crippen LogP contribution in [0.15, 0.2) is 64.9 Å². The number of sulfonamides is 1. The van der Waals surface area contributed by atoms with Crippen molar-refractivity contribution in [3.05, 3.63) is 70.3 Å². The summed E-state index contributed by atoms with van der Waals surface area (Å²) in [6.07, 6.45) is 1.71. The Morgan fingerprint density at radius 1 is 1.29 bits per heavy atom. The molecule has 0 aromatic heterocycles. The molecular weight excluding hydrogens is 372 g/mol. The maximum absolute atomic E-state index is 12.5. The molecule has 0 atom stereocenters. The molecule has 0 spiro atoms. The number of nitrogens with zero attached hydrogens (tertiary/aromatic N) is 1. The summed E-state index contributed by atoms with van der Waals surface area (Å²) in [6, 6.07) is 10.2. The van der Waals surface area contributed by atoms with Crippen LogP contribution in [0.4, 0.5) is 11.4 Å². The number of nitro benzene ring substituents is 1. The molecule has 0 aliphatic rings. The van der Waals surface area contributed by atoms with Crippen LogP contribution in [0.2, 0.25) is 5.02 Å². The van der Waals surface area contributed by atoms with Gasteiger partial charge in [0.1, 0.15) is 5.02 Å². The van der Waals surface area contributed by atoms with Crippen LogP contribution in [0.5, 0.6) is 0 Å². The molecule has 6 nitrogen and oxygen atoms in total. The minimum atomic E-state index is -3.99. The molecule has 0 aliphatic carbocycles. The number of anilines is 1. The van der Waals surface area contributed by atoms with Crippen LogP contribution < -0.4 is 4.72 Å². The number of hydrogen-bond acceptors (Lipinski definition) is 5. The number of para-hydroxylation sites is 1. The van der Waals surface area contributed by atoms with Gasteiger partial charge in [-0.05, 0) is 24.3 Å². The Bertz CT molecular complexity index is 885. The summed E-state index contributed by atoms with van der Waals surface area (Å²) >= 11 is 7.13. The smallest absolute Gasteiger partial charge is 0.278 e. The first kappa shape index (κ1) is 18.3. The monoisotopic (exact) mass is 384 g/mol. The number of nitro groups is 1. The predicted molar refractivity (Wildman–Crippen MR) is 96.3 cm³/mol. The first-order valence-electron chi connectivity index (χ1n) is 6.64. The molecule has 24 heavy (non-hydrogen) atoms. The van der Waals surface area contributed by atoms with Gasteiger partial charge in [0.25, 0.3) is 15.7 Å². The van der Waals surface area contributed by atoms with E-state index in [1.54, 1.807) is 30.3 Å². The molecule has 2 rings (SSSR count). The Kier molecular flexibility index (Phi) is 5.87. The highest BCUT2D eigenvalue weighted by Crippen LogP contribution is 2.31. The van der Waals surface area contributed by atoms with Crippen molar-refractivity contribution in [1.82, 2.24) is 0 Å². The molecule has 2 aromatic rings. The van der Waals surface area contributed by atoms with E-state index in [2.05, 4.69) is 11.3 Å². The zero-order chi connectivity index (χ0) is 17.7. The van der Waals surface area contributed by atoms with Crippen LogP contribution in [0.25, 0.3) is 0 Å². The second kappa shape index (κ2) is 7.69. The number of rotatable bonds is 7. The van der Waals surface area contributed by atoms with E-state index >= 15 is 0 Å². The molecular formula is C15H13ClN2O4S2. The van der Waals surface area contributed by atoms with Gasteiger partial charge in [-0.1, -0.05) is 29.8 Å². The van der Waals surface area contributed by atoms with Crippen molar-refractivity contribution in [2.24, 2.45) is 0 Å². The van der Waals surface area contributed by atoms with Crippen LogP contribution in [-0.4, -0.2) is 19.1 Å². The van der Waals surface area contributed by atoms with Crippen molar-refractivity contribution in [3.8, 4) is 0 Å². The lowest BCUT2D eigenvalue weighted by Gasteiger charge is -2.12. The van der Waals surface area contributed by atoms with E-state index in [-0.39, 0.29) is 9.92 Å². The topological polar surface area (TPSA) is 89.3 Å². The SMILES string of the molecule is C=CCSc1ccccc1NS(=O)(=O)c1ccc(Cl)c([N+](=O)[O-])c1. The summed E-state index contributed by atoms with van der Waals surface area (Å²) in [6.45, 7) is 3.63. The van der Waals surface area contributed by atoms with E-state index < -0.39 is 20.6 Å². The molecule has 0 bridgehead atoms. The highest BCUT2D eigenvalue weighted by molar-refractivity contribution is 7.99. The average molecular weight is 385 g/mol. The van der Waals surface area contributed by atoms with E-state index in [9.17, 15) is 18.5 Å². The van der Waals surface area contributed by atoms with Crippen LogP contribution in [0, 0.1) is 10.1 Å². The molecule has 0 saturated carbocycles.